The van der Waals surface area contributed by atoms with E-state index in [2.05, 4.69) is 6.92 Å². The predicted octanol–water partition coefficient (Wildman–Crippen LogP) is 4.51. The van der Waals surface area contributed by atoms with Gasteiger partial charge in [0.15, 0.2) is 7.14 Å². The van der Waals surface area contributed by atoms with E-state index in [1.807, 2.05) is 36.4 Å². The predicted molar refractivity (Wildman–Crippen MR) is 97.5 cm³/mol. The Morgan fingerprint density at radius 2 is 1.75 bits per heavy atom. The van der Waals surface area contributed by atoms with E-state index < -0.39 is 7.14 Å². The van der Waals surface area contributed by atoms with Gasteiger partial charge in [0.1, 0.15) is 23.6 Å². The second-order valence-corrected chi connectivity index (χ2v) is 8.86. The summed E-state index contributed by atoms with van der Waals surface area (Å²) >= 11 is 0. The molecule has 24 heavy (non-hydrogen) atoms. The lowest BCUT2D eigenvalue weighted by Crippen LogP contribution is -2.09. The summed E-state index contributed by atoms with van der Waals surface area (Å²) in [5.41, 5.74) is 1.72. The average molecular weight is 346 g/mol. The molecule has 0 aliphatic carbocycles. The highest BCUT2D eigenvalue weighted by molar-refractivity contribution is 7.72. The fourth-order valence-corrected chi connectivity index (χ4v) is 6.03. The van der Waals surface area contributed by atoms with E-state index in [1.54, 1.807) is 14.2 Å². The smallest absolute Gasteiger partial charge is 0.155 e. The van der Waals surface area contributed by atoms with Crippen LogP contribution in [0.4, 0.5) is 0 Å². The van der Waals surface area contributed by atoms with Crippen LogP contribution in [-0.4, -0.2) is 26.7 Å². The number of unbranched alkanes of at least 4 members (excludes halogenated alkanes) is 1. The molecule has 1 atom stereocenters. The van der Waals surface area contributed by atoms with Crippen LogP contribution in [0.3, 0.4) is 0 Å². The first-order valence-corrected chi connectivity index (χ1v) is 10.3. The molecule has 0 unspecified atom stereocenters. The van der Waals surface area contributed by atoms with E-state index in [1.165, 1.54) is 0 Å². The van der Waals surface area contributed by atoms with Crippen molar-refractivity contribution in [1.29, 1.82) is 0 Å². The van der Waals surface area contributed by atoms with Crippen LogP contribution in [0.1, 0.15) is 19.8 Å². The quantitative estimate of drug-likeness (QED) is 0.722. The molecule has 4 nitrogen and oxygen atoms in total. The van der Waals surface area contributed by atoms with Gasteiger partial charge in [-0.15, -0.1) is 0 Å². The summed E-state index contributed by atoms with van der Waals surface area (Å²) in [6, 6.07) is 11.5. The van der Waals surface area contributed by atoms with Gasteiger partial charge in [-0.3, -0.25) is 0 Å². The van der Waals surface area contributed by atoms with Crippen molar-refractivity contribution in [1.82, 2.24) is 0 Å². The van der Waals surface area contributed by atoms with E-state index in [9.17, 15) is 4.57 Å². The van der Waals surface area contributed by atoms with Crippen LogP contribution in [-0.2, 0) is 4.57 Å². The van der Waals surface area contributed by atoms with Crippen LogP contribution in [0, 0.1) is 0 Å². The standard InChI is InChI=1S/C19H23O4P/c1-4-5-12-24(20)13-23-17-11-6-8-14(19(17)24)18-15(21-2)9-7-10-16(18)22-3/h6-11H,4-5,12-13H2,1-3H3/t24-/m1/s1. The summed E-state index contributed by atoms with van der Waals surface area (Å²) in [5.74, 6) is 2.13. The van der Waals surface area contributed by atoms with Crippen molar-refractivity contribution in [3.8, 4) is 28.4 Å². The maximum atomic E-state index is 13.6. The Labute approximate surface area is 143 Å². The van der Waals surface area contributed by atoms with Crippen molar-refractivity contribution >= 4 is 12.4 Å². The third-order valence-corrected chi connectivity index (χ3v) is 7.27. The van der Waals surface area contributed by atoms with Gasteiger partial charge in [-0.2, -0.15) is 0 Å². The zero-order valence-corrected chi connectivity index (χ0v) is 15.3. The molecule has 1 aliphatic rings. The Morgan fingerprint density at radius 3 is 2.38 bits per heavy atom. The Kier molecular flexibility index (Phi) is 4.86. The second-order valence-electron chi connectivity index (χ2n) is 5.93. The van der Waals surface area contributed by atoms with Gasteiger partial charge in [0.2, 0.25) is 0 Å². The lowest BCUT2D eigenvalue weighted by Gasteiger charge is -2.18. The first-order chi connectivity index (χ1) is 11.6. The number of fused-ring (bicyclic) bond motifs is 1. The molecule has 0 bridgehead atoms. The molecule has 0 aromatic heterocycles. The Hall–Kier alpha value is -1.93. The zero-order chi connectivity index (χ0) is 17.2. The summed E-state index contributed by atoms with van der Waals surface area (Å²) in [4.78, 5) is 0. The van der Waals surface area contributed by atoms with Crippen LogP contribution in [0.25, 0.3) is 11.1 Å². The highest BCUT2D eigenvalue weighted by Gasteiger charge is 2.38. The van der Waals surface area contributed by atoms with E-state index in [0.29, 0.717) is 17.7 Å². The van der Waals surface area contributed by atoms with Crippen molar-refractivity contribution in [3.63, 3.8) is 0 Å². The Morgan fingerprint density at radius 1 is 1.08 bits per heavy atom. The van der Waals surface area contributed by atoms with Gasteiger partial charge in [0.05, 0.1) is 25.1 Å². The van der Waals surface area contributed by atoms with Gasteiger partial charge in [0.25, 0.3) is 0 Å². The van der Waals surface area contributed by atoms with Gasteiger partial charge < -0.3 is 18.8 Å². The van der Waals surface area contributed by atoms with Crippen LogP contribution < -0.4 is 19.5 Å². The molecule has 0 N–H and O–H groups in total. The van der Waals surface area contributed by atoms with E-state index in [-0.39, 0.29) is 6.35 Å². The lowest BCUT2D eigenvalue weighted by molar-refractivity contribution is 0.393. The maximum Gasteiger partial charge on any atom is 0.155 e. The highest BCUT2D eigenvalue weighted by atomic mass is 31.2. The second kappa shape index (κ2) is 6.90. The molecule has 0 amide bonds. The van der Waals surface area contributed by atoms with Gasteiger partial charge in [0, 0.05) is 11.7 Å². The molecule has 2 aromatic carbocycles. The molecule has 0 radical (unpaired) electrons. The minimum Gasteiger partial charge on any atom is -0.496 e. The number of benzene rings is 2. The third-order valence-electron chi connectivity index (χ3n) is 4.41. The van der Waals surface area contributed by atoms with Crippen LogP contribution in [0.15, 0.2) is 36.4 Å². The van der Waals surface area contributed by atoms with Gasteiger partial charge in [-0.05, 0) is 24.6 Å². The molecule has 128 valence electrons. The van der Waals surface area contributed by atoms with Gasteiger partial charge in [-0.25, -0.2) is 0 Å². The molecule has 3 rings (SSSR count). The summed E-state index contributed by atoms with van der Waals surface area (Å²) < 4.78 is 30.4. The summed E-state index contributed by atoms with van der Waals surface area (Å²) in [5, 5.41) is 0.834. The van der Waals surface area contributed by atoms with Crippen LogP contribution in [0.5, 0.6) is 17.2 Å². The molecular weight excluding hydrogens is 323 g/mol. The number of hydrogen-bond donors (Lipinski definition) is 0. The van der Waals surface area contributed by atoms with Crippen molar-refractivity contribution in [2.45, 2.75) is 19.8 Å². The summed E-state index contributed by atoms with van der Waals surface area (Å²) in [6.07, 6.45) is 2.90. The molecule has 0 spiro atoms. The fraction of sp³-hybridized carbons (Fsp3) is 0.368. The molecule has 0 fully saturated rings. The molecule has 5 heteroatoms. The van der Waals surface area contributed by atoms with Crippen molar-refractivity contribution in [2.24, 2.45) is 0 Å². The molecule has 1 aliphatic heterocycles. The number of methoxy groups -OCH3 is 2. The topological polar surface area (TPSA) is 44.8 Å². The molecular formula is C19H23O4P. The van der Waals surface area contributed by atoms with Gasteiger partial charge >= 0.3 is 0 Å². The largest absolute Gasteiger partial charge is 0.496 e. The van der Waals surface area contributed by atoms with Crippen molar-refractivity contribution < 1.29 is 18.8 Å². The Balaban J connectivity index is 2.23. The first kappa shape index (κ1) is 16.9. The lowest BCUT2D eigenvalue weighted by atomic mass is 10.0. The number of rotatable bonds is 6. The molecule has 0 saturated heterocycles. The molecule has 0 saturated carbocycles. The van der Waals surface area contributed by atoms with Crippen LogP contribution in [0.2, 0.25) is 0 Å². The normalized spacial score (nSPS) is 18.8. The molecule has 1 heterocycles. The minimum absolute atomic E-state index is 0.289. The minimum atomic E-state index is -2.57. The SMILES string of the molecule is CCCC[P@@]1(=O)COc2cccc(-c3c(OC)cccc3OC)c21. The Bertz CT molecular complexity index is 763. The summed E-state index contributed by atoms with van der Waals surface area (Å²) in [6.45, 7) is 2.11. The third kappa shape index (κ3) is 2.80. The van der Waals surface area contributed by atoms with Crippen molar-refractivity contribution in [3.05, 3.63) is 36.4 Å². The monoisotopic (exact) mass is 346 g/mol. The maximum absolute atomic E-state index is 13.6. The molecule has 2 aromatic rings. The highest BCUT2D eigenvalue weighted by Crippen LogP contribution is 2.56. The van der Waals surface area contributed by atoms with Crippen molar-refractivity contribution in [2.75, 3.05) is 26.7 Å². The van der Waals surface area contributed by atoms with E-state index in [0.717, 1.165) is 35.0 Å². The number of ether oxygens (including phenoxy) is 3. The fourth-order valence-electron chi connectivity index (χ4n) is 3.21. The zero-order valence-electron chi connectivity index (χ0n) is 14.4. The van der Waals surface area contributed by atoms with E-state index >= 15 is 0 Å². The first-order valence-electron chi connectivity index (χ1n) is 8.20. The average Bonchev–Trinajstić information content (AvgIpc) is 2.97. The van der Waals surface area contributed by atoms with Gasteiger partial charge in [-0.1, -0.05) is 31.5 Å². The van der Waals surface area contributed by atoms with Crippen LogP contribution >= 0.6 is 7.14 Å². The summed E-state index contributed by atoms with van der Waals surface area (Å²) in [7, 11) is 0.693. The number of hydrogen-bond acceptors (Lipinski definition) is 4. The van der Waals surface area contributed by atoms with E-state index in [4.69, 9.17) is 14.2 Å².